The summed E-state index contributed by atoms with van der Waals surface area (Å²) >= 11 is 8.68. The minimum Gasteiger partial charge on any atom is -0.496 e. The largest absolute Gasteiger partial charge is 0.496 e. The van der Waals surface area contributed by atoms with E-state index in [2.05, 4.69) is 31.2 Å². The minimum absolute atomic E-state index is 0.416. The van der Waals surface area contributed by atoms with Crippen LogP contribution >= 0.6 is 28.1 Å². The average molecular weight is 389 g/mol. The Morgan fingerprint density at radius 3 is 2.70 bits per heavy atom. The van der Waals surface area contributed by atoms with Gasteiger partial charge < -0.3 is 4.74 Å². The van der Waals surface area contributed by atoms with Crippen molar-refractivity contribution in [3.63, 3.8) is 0 Å². The van der Waals surface area contributed by atoms with E-state index in [1.807, 2.05) is 48.5 Å². The van der Waals surface area contributed by atoms with E-state index in [1.54, 1.807) is 18.0 Å². The van der Waals surface area contributed by atoms with Crippen molar-refractivity contribution in [3.8, 4) is 17.1 Å². The number of aromatic amines is 1. The summed E-state index contributed by atoms with van der Waals surface area (Å²) in [5.41, 5.74) is 1.78. The third-order valence-electron chi connectivity index (χ3n) is 3.19. The first-order valence-electron chi connectivity index (χ1n) is 6.80. The number of hydrogen-bond acceptors (Lipinski definition) is 4. The summed E-state index contributed by atoms with van der Waals surface area (Å²) in [4.78, 5) is 0. The Labute approximate surface area is 146 Å². The molecule has 0 radical (unpaired) electrons. The van der Waals surface area contributed by atoms with Crippen molar-refractivity contribution in [2.45, 2.75) is 0 Å². The molecule has 3 rings (SSSR count). The first-order chi connectivity index (χ1) is 11.2. The number of para-hydroxylation sites is 1. The number of rotatable bonds is 4. The van der Waals surface area contributed by atoms with Crippen LogP contribution < -0.4 is 4.74 Å². The molecule has 0 aliphatic carbocycles. The summed E-state index contributed by atoms with van der Waals surface area (Å²) in [6, 6.07) is 15.4. The minimum atomic E-state index is 0.416. The van der Waals surface area contributed by atoms with Crippen LogP contribution in [0.1, 0.15) is 5.56 Å². The lowest BCUT2D eigenvalue weighted by Gasteiger charge is -2.06. The number of aromatic nitrogens is 3. The molecule has 0 atom stereocenters. The molecule has 0 unspecified atom stereocenters. The number of nitrogens with one attached hydrogen (secondary N) is 1. The van der Waals surface area contributed by atoms with Crippen LogP contribution in [0.25, 0.3) is 11.4 Å². The monoisotopic (exact) mass is 388 g/mol. The summed E-state index contributed by atoms with van der Waals surface area (Å²) in [6.07, 6.45) is 1.73. The number of benzene rings is 2. The smallest absolute Gasteiger partial charge is 0.216 e. The topological polar surface area (TPSA) is 55.2 Å². The van der Waals surface area contributed by atoms with Gasteiger partial charge in [-0.25, -0.2) is 5.10 Å². The van der Waals surface area contributed by atoms with Gasteiger partial charge in [0.05, 0.1) is 18.9 Å². The Bertz CT molecular complexity index is 899. The molecule has 0 fully saturated rings. The fraction of sp³-hybridized carbons (Fsp3) is 0.0625. The lowest BCUT2D eigenvalue weighted by molar-refractivity contribution is 0.416. The van der Waals surface area contributed by atoms with Crippen molar-refractivity contribution in [3.05, 3.63) is 63.3 Å². The van der Waals surface area contributed by atoms with Gasteiger partial charge in [-0.05, 0) is 42.0 Å². The maximum atomic E-state index is 5.38. The lowest BCUT2D eigenvalue weighted by Crippen LogP contribution is -1.97. The standard InChI is InChI=1S/C16H13BrN4OS/c1-22-14-5-3-2-4-13(14)15-19-20-16(23)21(15)18-10-11-6-8-12(17)9-7-11/h2-10H,1H3,(H,20,23)/b18-10-. The Morgan fingerprint density at radius 1 is 1.22 bits per heavy atom. The molecule has 23 heavy (non-hydrogen) atoms. The van der Waals surface area contributed by atoms with E-state index >= 15 is 0 Å². The Hall–Kier alpha value is -2.25. The molecule has 0 saturated heterocycles. The molecule has 1 aromatic heterocycles. The van der Waals surface area contributed by atoms with Crippen molar-refractivity contribution in [2.24, 2.45) is 5.10 Å². The van der Waals surface area contributed by atoms with Gasteiger partial charge in [0, 0.05) is 4.47 Å². The molecule has 0 amide bonds. The highest BCUT2D eigenvalue weighted by Gasteiger charge is 2.12. The lowest BCUT2D eigenvalue weighted by atomic mass is 10.2. The highest BCUT2D eigenvalue weighted by molar-refractivity contribution is 9.10. The van der Waals surface area contributed by atoms with Crippen LogP contribution in [0, 0.1) is 4.77 Å². The zero-order valence-electron chi connectivity index (χ0n) is 12.2. The average Bonchev–Trinajstić information content (AvgIpc) is 2.95. The van der Waals surface area contributed by atoms with Crippen LogP contribution in [0.5, 0.6) is 5.75 Å². The van der Waals surface area contributed by atoms with E-state index in [1.165, 1.54) is 0 Å². The third kappa shape index (κ3) is 3.40. The quantitative estimate of drug-likeness (QED) is 0.536. The SMILES string of the molecule is COc1ccccc1-c1n[nH]c(=S)n1/N=C\c1ccc(Br)cc1. The van der Waals surface area contributed by atoms with Crippen molar-refractivity contribution in [1.29, 1.82) is 0 Å². The van der Waals surface area contributed by atoms with E-state index in [4.69, 9.17) is 17.0 Å². The molecule has 0 spiro atoms. The van der Waals surface area contributed by atoms with E-state index in [-0.39, 0.29) is 0 Å². The number of H-pyrrole nitrogens is 1. The van der Waals surface area contributed by atoms with Gasteiger partial charge in [0.15, 0.2) is 5.82 Å². The van der Waals surface area contributed by atoms with E-state index in [0.717, 1.165) is 15.6 Å². The number of methoxy groups -OCH3 is 1. The molecule has 116 valence electrons. The zero-order valence-corrected chi connectivity index (χ0v) is 14.6. The van der Waals surface area contributed by atoms with Crippen molar-refractivity contribution < 1.29 is 4.74 Å². The highest BCUT2D eigenvalue weighted by Crippen LogP contribution is 2.28. The van der Waals surface area contributed by atoms with Crippen LogP contribution in [0.2, 0.25) is 0 Å². The number of nitrogens with zero attached hydrogens (tertiary/aromatic N) is 3. The van der Waals surface area contributed by atoms with Crippen LogP contribution in [0.3, 0.4) is 0 Å². The van der Waals surface area contributed by atoms with Crippen molar-refractivity contribution in [2.75, 3.05) is 7.11 Å². The van der Waals surface area contributed by atoms with Crippen molar-refractivity contribution >= 4 is 34.4 Å². The van der Waals surface area contributed by atoms with E-state index in [0.29, 0.717) is 16.3 Å². The first-order valence-corrected chi connectivity index (χ1v) is 8.00. The molecule has 0 aliphatic rings. The van der Waals surface area contributed by atoms with E-state index in [9.17, 15) is 0 Å². The van der Waals surface area contributed by atoms with Crippen LogP contribution in [0.15, 0.2) is 58.1 Å². The van der Waals surface area contributed by atoms with Crippen molar-refractivity contribution in [1.82, 2.24) is 14.9 Å². The maximum Gasteiger partial charge on any atom is 0.216 e. The molecule has 5 nitrogen and oxygen atoms in total. The fourth-order valence-electron chi connectivity index (χ4n) is 2.08. The Morgan fingerprint density at radius 2 is 1.96 bits per heavy atom. The molecule has 0 aliphatic heterocycles. The molecule has 7 heteroatoms. The van der Waals surface area contributed by atoms with Gasteiger partial charge in [-0.3, -0.25) is 0 Å². The molecule has 3 aromatic rings. The van der Waals surface area contributed by atoms with Gasteiger partial charge in [0.2, 0.25) is 4.77 Å². The van der Waals surface area contributed by atoms with Crippen LogP contribution in [-0.2, 0) is 0 Å². The van der Waals surface area contributed by atoms with Gasteiger partial charge >= 0.3 is 0 Å². The van der Waals surface area contributed by atoms with Crippen LogP contribution in [0.4, 0.5) is 0 Å². The molecule has 1 heterocycles. The Kier molecular flexibility index (Phi) is 4.68. The fourth-order valence-corrected chi connectivity index (χ4v) is 2.52. The molecule has 1 N–H and O–H groups in total. The second kappa shape index (κ2) is 6.89. The first kappa shape index (κ1) is 15.6. The predicted molar refractivity (Wildman–Crippen MR) is 96.5 cm³/mol. The summed E-state index contributed by atoms with van der Waals surface area (Å²) in [5, 5.41) is 11.5. The third-order valence-corrected chi connectivity index (χ3v) is 3.98. The molecule has 2 aromatic carbocycles. The second-order valence-corrected chi connectivity index (χ2v) is 5.96. The van der Waals surface area contributed by atoms with Crippen LogP contribution in [-0.4, -0.2) is 28.2 Å². The molecule has 0 bridgehead atoms. The van der Waals surface area contributed by atoms with Gasteiger partial charge in [0.25, 0.3) is 0 Å². The Balaban J connectivity index is 2.02. The molecule has 0 saturated carbocycles. The predicted octanol–water partition coefficient (Wildman–Crippen LogP) is 4.26. The zero-order chi connectivity index (χ0) is 16.2. The number of hydrogen-bond donors (Lipinski definition) is 1. The number of halogens is 1. The summed E-state index contributed by atoms with van der Waals surface area (Å²) in [5.74, 6) is 1.31. The number of ether oxygens (including phenoxy) is 1. The normalized spacial score (nSPS) is 11.0. The highest BCUT2D eigenvalue weighted by atomic mass is 79.9. The van der Waals surface area contributed by atoms with Gasteiger partial charge in [0.1, 0.15) is 5.75 Å². The second-order valence-electron chi connectivity index (χ2n) is 4.66. The van der Waals surface area contributed by atoms with Gasteiger partial charge in [-0.2, -0.15) is 14.9 Å². The van der Waals surface area contributed by atoms with Gasteiger partial charge in [-0.15, -0.1) is 0 Å². The summed E-state index contributed by atoms with van der Waals surface area (Å²) in [6.45, 7) is 0. The molecular weight excluding hydrogens is 376 g/mol. The van der Waals surface area contributed by atoms with Gasteiger partial charge in [-0.1, -0.05) is 40.2 Å². The summed E-state index contributed by atoms with van der Waals surface area (Å²) < 4.78 is 8.39. The summed E-state index contributed by atoms with van der Waals surface area (Å²) in [7, 11) is 1.62. The molecular formula is C16H13BrN4OS. The maximum absolute atomic E-state index is 5.38. The van der Waals surface area contributed by atoms with E-state index < -0.39 is 0 Å².